The van der Waals surface area contributed by atoms with Crippen molar-refractivity contribution < 1.29 is 9.53 Å². The van der Waals surface area contributed by atoms with Crippen molar-refractivity contribution in [2.75, 3.05) is 12.3 Å². The minimum absolute atomic E-state index is 0.0494. The Kier molecular flexibility index (Phi) is 4.57. The molecule has 1 saturated heterocycles. The predicted molar refractivity (Wildman–Crippen MR) is 101 cm³/mol. The van der Waals surface area contributed by atoms with Crippen molar-refractivity contribution in [3.05, 3.63) is 17.8 Å². The number of carbonyl (C=O) groups excluding carboxylic acids is 1. The number of rotatable bonds is 2. The van der Waals surface area contributed by atoms with Crippen LogP contribution in [-0.4, -0.2) is 44.5 Å². The summed E-state index contributed by atoms with van der Waals surface area (Å²) in [5, 5.41) is 7.84. The Labute approximate surface area is 155 Å². The van der Waals surface area contributed by atoms with Crippen LogP contribution in [0.25, 0.3) is 0 Å². The average Bonchev–Trinajstić information content (AvgIpc) is 3.05. The lowest BCUT2D eigenvalue weighted by Gasteiger charge is -2.31. The van der Waals surface area contributed by atoms with Gasteiger partial charge >= 0.3 is 6.09 Å². The molecule has 25 heavy (non-hydrogen) atoms. The summed E-state index contributed by atoms with van der Waals surface area (Å²) in [6, 6.07) is 1.68. The highest BCUT2D eigenvalue weighted by molar-refractivity contribution is 9.18. The average molecular weight is 408 g/mol. The fourth-order valence-electron chi connectivity index (χ4n) is 3.40. The highest BCUT2D eigenvalue weighted by Gasteiger charge is 2.46. The highest BCUT2D eigenvalue weighted by Crippen LogP contribution is 2.38. The van der Waals surface area contributed by atoms with E-state index in [1.807, 2.05) is 20.8 Å². The molecule has 2 heterocycles. The third-order valence-corrected chi connectivity index (χ3v) is 4.74. The largest absolute Gasteiger partial charge is 0.444 e. The predicted octanol–water partition coefficient (Wildman–Crippen LogP) is 3.49. The second kappa shape index (κ2) is 6.40. The van der Waals surface area contributed by atoms with Crippen LogP contribution in [0.4, 0.5) is 16.3 Å². The van der Waals surface area contributed by atoms with Gasteiger partial charge in [0, 0.05) is 18.5 Å². The number of nitrogen functional groups attached to an aromatic ring is 1. The van der Waals surface area contributed by atoms with Gasteiger partial charge in [-0.2, -0.15) is 0 Å². The molecule has 1 aromatic rings. The normalized spacial score (nSPS) is 24.0. The topological polar surface area (TPSA) is 105 Å². The molecule has 0 radical (unpaired) electrons. The van der Waals surface area contributed by atoms with E-state index in [-0.39, 0.29) is 22.6 Å². The number of halogens is 1. The van der Waals surface area contributed by atoms with Gasteiger partial charge in [-0.25, -0.2) is 9.78 Å². The van der Waals surface area contributed by atoms with Crippen LogP contribution in [0, 0.1) is 11.3 Å². The van der Waals surface area contributed by atoms with Gasteiger partial charge < -0.3 is 10.5 Å². The number of hydrogen-bond donors (Lipinski definition) is 2. The Morgan fingerprint density at radius 3 is 2.84 bits per heavy atom. The Morgan fingerprint density at radius 2 is 2.24 bits per heavy atom. The van der Waals surface area contributed by atoms with E-state index in [4.69, 9.17) is 20.9 Å². The van der Waals surface area contributed by atoms with Gasteiger partial charge in [-0.05, 0) is 61.5 Å². The maximum atomic E-state index is 12.5. The zero-order valence-corrected chi connectivity index (χ0v) is 16.1. The minimum atomic E-state index is -0.520. The molecule has 2 aliphatic rings. The van der Waals surface area contributed by atoms with E-state index < -0.39 is 5.60 Å². The molecule has 3 rings (SSSR count). The minimum Gasteiger partial charge on any atom is -0.444 e. The van der Waals surface area contributed by atoms with E-state index in [1.54, 1.807) is 17.2 Å². The summed E-state index contributed by atoms with van der Waals surface area (Å²) in [5.74, 6) is 0.665. The Balaban J connectivity index is 1.88. The van der Waals surface area contributed by atoms with Crippen molar-refractivity contribution in [3.8, 4) is 0 Å². The molecule has 7 nitrogen and oxygen atoms in total. The molecule has 1 saturated carbocycles. The Bertz CT molecular complexity index is 756. The van der Waals surface area contributed by atoms with E-state index in [0.717, 1.165) is 18.6 Å². The number of carbonyl (C=O) groups is 1. The van der Waals surface area contributed by atoms with Gasteiger partial charge in [0.05, 0.1) is 17.3 Å². The van der Waals surface area contributed by atoms with Gasteiger partial charge in [-0.3, -0.25) is 15.3 Å². The van der Waals surface area contributed by atoms with Crippen molar-refractivity contribution >= 4 is 43.9 Å². The monoisotopic (exact) mass is 407 g/mol. The second-order valence-electron chi connectivity index (χ2n) is 7.46. The third kappa shape index (κ3) is 3.68. The van der Waals surface area contributed by atoms with E-state index in [2.05, 4.69) is 20.9 Å². The lowest BCUT2D eigenvalue weighted by Crippen LogP contribution is -2.45. The molecule has 1 amide bonds. The summed E-state index contributed by atoms with van der Waals surface area (Å²) in [4.78, 5) is 23.0. The van der Waals surface area contributed by atoms with Crippen molar-refractivity contribution in [1.82, 2.24) is 9.88 Å². The summed E-state index contributed by atoms with van der Waals surface area (Å²) in [6.45, 7) is 6.30. The van der Waals surface area contributed by atoms with Crippen molar-refractivity contribution in [2.24, 2.45) is 10.9 Å². The number of likely N-dealkylation sites (tertiary alicyclic amines) is 1. The summed E-state index contributed by atoms with van der Waals surface area (Å²) in [7, 11) is 0. The number of fused-ring (bicyclic) bond motifs is 2. The quantitative estimate of drug-likeness (QED) is 0.731. The van der Waals surface area contributed by atoms with Gasteiger partial charge in [0.2, 0.25) is 0 Å². The number of pyridine rings is 1. The molecule has 0 aromatic carbocycles. The number of piperidine rings is 1. The molecule has 1 aromatic heterocycles. The first-order chi connectivity index (χ1) is 11.7. The molecule has 1 aliphatic heterocycles. The van der Waals surface area contributed by atoms with Gasteiger partial charge in [0.1, 0.15) is 16.0 Å². The van der Waals surface area contributed by atoms with Gasteiger partial charge in [0.15, 0.2) is 0 Å². The van der Waals surface area contributed by atoms with Crippen LogP contribution in [0.1, 0.15) is 39.2 Å². The fraction of sp³-hybridized carbons (Fsp3) is 0.529. The van der Waals surface area contributed by atoms with E-state index in [1.165, 1.54) is 0 Å². The molecule has 2 unspecified atom stereocenters. The first kappa shape index (κ1) is 17.8. The standard InChI is InChI=1S/C17H22BrN5O2/c1-17(2,3)25-16(24)23-8-9-6-11(12(23)7-9)22-10-4-5-21-15(20)13(10)14(18)19/h4-5,9,12,19H,6-8H2,1-3H3,(H2,20,21). The Hall–Kier alpha value is -1.96. The van der Waals surface area contributed by atoms with E-state index in [0.29, 0.717) is 23.7 Å². The summed E-state index contributed by atoms with van der Waals surface area (Å²) >= 11 is 3.15. The number of anilines is 1. The second-order valence-corrected chi connectivity index (χ2v) is 8.25. The third-order valence-electron chi connectivity index (χ3n) is 4.34. The van der Waals surface area contributed by atoms with Crippen molar-refractivity contribution in [2.45, 2.75) is 45.3 Å². The SMILES string of the molecule is CC(C)(C)OC(=O)N1CC2CC(=Nc3ccnc(N)c3C(=N)Br)C1C2. The molecule has 2 bridgehead atoms. The molecule has 134 valence electrons. The molecule has 8 heteroatoms. The fourth-order valence-corrected chi connectivity index (χ4v) is 3.81. The van der Waals surface area contributed by atoms with Crippen LogP contribution in [0.15, 0.2) is 17.3 Å². The molecule has 0 spiro atoms. The molecule has 2 atom stereocenters. The van der Waals surface area contributed by atoms with Crippen LogP contribution in [0.3, 0.4) is 0 Å². The van der Waals surface area contributed by atoms with Gasteiger partial charge in [-0.15, -0.1) is 0 Å². The zero-order chi connectivity index (χ0) is 18.4. The van der Waals surface area contributed by atoms with E-state index >= 15 is 0 Å². The van der Waals surface area contributed by atoms with Crippen molar-refractivity contribution in [3.63, 3.8) is 0 Å². The summed E-state index contributed by atoms with van der Waals surface area (Å²) < 4.78 is 5.66. The molecular weight excluding hydrogens is 386 g/mol. The van der Waals surface area contributed by atoms with Crippen LogP contribution in [-0.2, 0) is 4.74 Å². The summed E-state index contributed by atoms with van der Waals surface area (Å²) in [6.07, 6.45) is 3.03. The number of amides is 1. The maximum Gasteiger partial charge on any atom is 0.410 e. The smallest absolute Gasteiger partial charge is 0.410 e. The number of aromatic nitrogens is 1. The number of aliphatic imine (C=N–C) groups is 1. The summed E-state index contributed by atoms with van der Waals surface area (Å²) in [5.41, 5.74) is 7.37. The zero-order valence-electron chi connectivity index (χ0n) is 14.5. The van der Waals surface area contributed by atoms with Crippen LogP contribution < -0.4 is 5.73 Å². The molecule has 3 N–H and O–H groups in total. The first-order valence-electron chi connectivity index (χ1n) is 8.21. The van der Waals surface area contributed by atoms with Crippen molar-refractivity contribution in [1.29, 1.82) is 5.41 Å². The van der Waals surface area contributed by atoms with Crippen LogP contribution in [0.5, 0.6) is 0 Å². The number of nitrogens with two attached hydrogens (primary N) is 1. The van der Waals surface area contributed by atoms with Crippen LogP contribution in [0.2, 0.25) is 0 Å². The Morgan fingerprint density at radius 1 is 1.52 bits per heavy atom. The van der Waals surface area contributed by atoms with Gasteiger partial charge in [0.25, 0.3) is 0 Å². The first-order valence-corrected chi connectivity index (χ1v) is 9.01. The maximum absolute atomic E-state index is 12.5. The van der Waals surface area contributed by atoms with Gasteiger partial charge in [-0.1, -0.05) is 0 Å². The molecule has 1 aliphatic carbocycles. The molecule has 2 fully saturated rings. The number of ether oxygens (including phenoxy) is 1. The molecular formula is C17H22BrN5O2. The lowest BCUT2D eigenvalue weighted by atomic mass is 10.1. The number of hydrogen-bond acceptors (Lipinski definition) is 6. The highest BCUT2D eigenvalue weighted by atomic mass is 79.9. The van der Waals surface area contributed by atoms with E-state index in [9.17, 15) is 4.79 Å². The number of nitrogens with zero attached hydrogens (tertiary/aromatic N) is 3. The van der Waals surface area contributed by atoms with Crippen LogP contribution >= 0.6 is 15.9 Å². The number of nitrogens with one attached hydrogen (secondary N) is 1. The lowest BCUT2D eigenvalue weighted by molar-refractivity contribution is 0.0250.